The highest BCUT2D eigenvalue weighted by Gasteiger charge is 2.16. The van der Waals surface area contributed by atoms with Crippen molar-refractivity contribution < 1.29 is 9.53 Å². The normalized spacial score (nSPS) is 12.1. The maximum Gasteiger partial charge on any atom is 0.265 e. The van der Waals surface area contributed by atoms with E-state index in [2.05, 4.69) is 14.1 Å². The lowest BCUT2D eigenvalue weighted by Crippen LogP contribution is -2.30. The second-order valence-electron chi connectivity index (χ2n) is 5.42. The zero-order valence-electron chi connectivity index (χ0n) is 13.2. The molecule has 118 valence electrons. The summed E-state index contributed by atoms with van der Waals surface area (Å²) in [6.45, 7) is 5.74. The Morgan fingerprint density at radius 2 is 1.96 bits per heavy atom. The summed E-state index contributed by atoms with van der Waals surface area (Å²) in [5.41, 5.74) is 4.47. The topological polar surface area (TPSA) is 64.1 Å². The van der Waals surface area contributed by atoms with Gasteiger partial charge in [-0.3, -0.25) is 4.79 Å². The van der Waals surface area contributed by atoms with Crippen LogP contribution >= 0.6 is 11.7 Å². The smallest absolute Gasteiger partial charge is 0.265 e. The predicted octanol–water partition coefficient (Wildman–Crippen LogP) is 3.71. The average Bonchev–Trinajstić information content (AvgIpc) is 2.99. The van der Waals surface area contributed by atoms with Gasteiger partial charge in [0.25, 0.3) is 5.91 Å². The van der Waals surface area contributed by atoms with Crippen LogP contribution in [-0.2, 0) is 4.79 Å². The lowest BCUT2D eigenvalue weighted by atomic mass is 10.1. The summed E-state index contributed by atoms with van der Waals surface area (Å²) < 4.78 is 14.1. The molecule has 0 fully saturated rings. The quantitative estimate of drug-likeness (QED) is 0.793. The molecule has 1 aromatic heterocycles. The molecule has 0 aliphatic carbocycles. The van der Waals surface area contributed by atoms with Gasteiger partial charge in [0.1, 0.15) is 16.8 Å². The van der Waals surface area contributed by atoms with Gasteiger partial charge in [0.05, 0.1) is 11.7 Å². The molecule has 0 aliphatic rings. The third-order valence-corrected chi connectivity index (χ3v) is 4.31. The summed E-state index contributed by atoms with van der Waals surface area (Å²) in [5.74, 6) is 0.528. The standard InChI is InChI=1S/C17H17N3O2S/c1-10-5-4-6-16(11(10)2)22-12(3)17(21)18-13-7-8-14-15(9-13)20-23-19-14/h4-9,12H,1-3H3,(H,18,21). The Kier molecular flexibility index (Phi) is 4.25. The minimum absolute atomic E-state index is 0.201. The van der Waals surface area contributed by atoms with Gasteiger partial charge in [-0.05, 0) is 56.2 Å². The van der Waals surface area contributed by atoms with Crippen molar-refractivity contribution in [2.75, 3.05) is 5.32 Å². The number of hydrogen-bond donors (Lipinski definition) is 1. The van der Waals surface area contributed by atoms with E-state index in [9.17, 15) is 4.79 Å². The molecule has 2 aromatic carbocycles. The van der Waals surface area contributed by atoms with Gasteiger partial charge < -0.3 is 10.1 Å². The second kappa shape index (κ2) is 6.34. The highest BCUT2D eigenvalue weighted by molar-refractivity contribution is 7.00. The number of amides is 1. The number of hydrogen-bond acceptors (Lipinski definition) is 5. The Morgan fingerprint density at radius 1 is 1.17 bits per heavy atom. The number of aromatic nitrogens is 2. The molecular formula is C17H17N3O2S. The van der Waals surface area contributed by atoms with E-state index >= 15 is 0 Å². The minimum atomic E-state index is -0.597. The highest BCUT2D eigenvalue weighted by Crippen LogP contribution is 2.22. The van der Waals surface area contributed by atoms with Crippen LogP contribution in [0.1, 0.15) is 18.1 Å². The maximum absolute atomic E-state index is 12.3. The summed E-state index contributed by atoms with van der Waals surface area (Å²) in [4.78, 5) is 12.3. The van der Waals surface area contributed by atoms with Crippen LogP contribution in [0.3, 0.4) is 0 Å². The first-order valence-electron chi connectivity index (χ1n) is 7.30. The number of carbonyl (C=O) groups is 1. The fraction of sp³-hybridized carbons (Fsp3) is 0.235. The van der Waals surface area contributed by atoms with Gasteiger partial charge in [0.2, 0.25) is 0 Å². The number of ether oxygens (including phenoxy) is 1. The van der Waals surface area contributed by atoms with Crippen LogP contribution in [0.2, 0.25) is 0 Å². The van der Waals surface area contributed by atoms with Gasteiger partial charge >= 0.3 is 0 Å². The Hall–Kier alpha value is -2.47. The summed E-state index contributed by atoms with van der Waals surface area (Å²) in [5, 5.41) is 2.85. The van der Waals surface area contributed by atoms with Crippen molar-refractivity contribution in [2.24, 2.45) is 0 Å². The molecule has 1 amide bonds. The monoisotopic (exact) mass is 327 g/mol. The first kappa shape index (κ1) is 15.4. The van der Waals surface area contributed by atoms with E-state index in [0.717, 1.165) is 39.6 Å². The number of carbonyl (C=O) groups excluding carboxylic acids is 1. The summed E-state index contributed by atoms with van der Waals surface area (Å²) >= 11 is 1.15. The number of aryl methyl sites for hydroxylation is 1. The largest absolute Gasteiger partial charge is 0.481 e. The fourth-order valence-electron chi connectivity index (χ4n) is 2.20. The number of benzene rings is 2. The van der Waals surface area contributed by atoms with E-state index in [1.807, 2.05) is 44.2 Å². The maximum atomic E-state index is 12.3. The SMILES string of the molecule is Cc1cccc(OC(C)C(=O)Nc2ccc3nsnc3c2)c1C. The fourth-order valence-corrected chi connectivity index (χ4v) is 2.72. The predicted molar refractivity (Wildman–Crippen MR) is 92.1 cm³/mol. The molecule has 3 rings (SSSR count). The summed E-state index contributed by atoms with van der Waals surface area (Å²) in [6, 6.07) is 11.3. The molecule has 0 radical (unpaired) electrons. The minimum Gasteiger partial charge on any atom is -0.481 e. The molecule has 0 saturated carbocycles. The average molecular weight is 327 g/mol. The van der Waals surface area contributed by atoms with Crippen molar-refractivity contribution in [1.82, 2.24) is 8.75 Å². The van der Waals surface area contributed by atoms with E-state index < -0.39 is 6.10 Å². The van der Waals surface area contributed by atoms with Crippen LogP contribution in [0.25, 0.3) is 11.0 Å². The number of rotatable bonds is 4. The highest BCUT2D eigenvalue weighted by atomic mass is 32.1. The molecule has 0 spiro atoms. The molecular weight excluding hydrogens is 310 g/mol. The number of nitrogens with zero attached hydrogens (tertiary/aromatic N) is 2. The van der Waals surface area contributed by atoms with Gasteiger partial charge in [-0.25, -0.2) is 0 Å². The van der Waals surface area contributed by atoms with Crippen molar-refractivity contribution in [3.63, 3.8) is 0 Å². The van der Waals surface area contributed by atoms with Crippen LogP contribution in [0.15, 0.2) is 36.4 Å². The van der Waals surface area contributed by atoms with Gasteiger partial charge in [-0.15, -0.1) is 0 Å². The summed E-state index contributed by atoms with van der Waals surface area (Å²) in [6.07, 6.45) is -0.597. The van der Waals surface area contributed by atoms with Crippen molar-refractivity contribution in [3.8, 4) is 5.75 Å². The summed E-state index contributed by atoms with van der Waals surface area (Å²) in [7, 11) is 0. The van der Waals surface area contributed by atoms with E-state index in [1.165, 1.54) is 0 Å². The molecule has 1 unspecified atom stereocenters. The zero-order chi connectivity index (χ0) is 16.4. The van der Waals surface area contributed by atoms with Crippen LogP contribution < -0.4 is 10.1 Å². The number of anilines is 1. The second-order valence-corrected chi connectivity index (χ2v) is 5.94. The lowest BCUT2D eigenvalue weighted by Gasteiger charge is -2.17. The van der Waals surface area contributed by atoms with E-state index in [-0.39, 0.29) is 5.91 Å². The van der Waals surface area contributed by atoms with Crippen molar-refractivity contribution in [2.45, 2.75) is 26.9 Å². The molecule has 3 aromatic rings. The first-order valence-corrected chi connectivity index (χ1v) is 8.03. The Balaban J connectivity index is 1.70. The molecule has 1 heterocycles. The molecule has 1 N–H and O–H groups in total. The van der Waals surface area contributed by atoms with Crippen LogP contribution in [0, 0.1) is 13.8 Å². The van der Waals surface area contributed by atoms with Crippen LogP contribution in [0.5, 0.6) is 5.75 Å². The van der Waals surface area contributed by atoms with Gasteiger partial charge in [0, 0.05) is 5.69 Å². The van der Waals surface area contributed by atoms with Gasteiger partial charge in [-0.2, -0.15) is 8.75 Å². The lowest BCUT2D eigenvalue weighted by molar-refractivity contribution is -0.122. The van der Waals surface area contributed by atoms with Crippen molar-refractivity contribution >= 4 is 34.4 Å². The molecule has 0 aliphatic heterocycles. The zero-order valence-corrected chi connectivity index (χ0v) is 14.0. The van der Waals surface area contributed by atoms with Gasteiger partial charge in [0.15, 0.2) is 6.10 Å². The van der Waals surface area contributed by atoms with E-state index in [0.29, 0.717) is 5.69 Å². The van der Waals surface area contributed by atoms with E-state index in [4.69, 9.17) is 4.74 Å². The van der Waals surface area contributed by atoms with Crippen molar-refractivity contribution in [3.05, 3.63) is 47.5 Å². The van der Waals surface area contributed by atoms with Crippen molar-refractivity contribution in [1.29, 1.82) is 0 Å². The molecule has 23 heavy (non-hydrogen) atoms. The number of nitrogens with one attached hydrogen (secondary N) is 1. The van der Waals surface area contributed by atoms with Gasteiger partial charge in [-0.1, -0.05) is 12.1 Å². The third-order valence-electron chi connectivity index (χ3n) is 3.75. The molecule has 0 bridgehead atoms. The van der Waals surface area contributed by atoms with Crippen LogP contribution in [0.4, 0.5) is 5.69 Å². The Labute approximate surface area is 138 Å². The Bertz CT molecular complexity index is 860. The van der Waals surface area contributed by atoms with E-state index in [1.54, 1.807) is 13.0 Å². The molecule has 1 atom stereocenters. The molecule has 5 nitrogen and oxygen atoms in total. The molecule has 6 heteroatoms. The van der Waals surface area contributed by atoms with Crippen LogP contribution in [-0.4, -0.2) is 20.8 Å². The number of fused-ring (bicyclic) bond motifs is 1. The first-order chi connectivity index (χ1) is 11.0. The molecule has 0 saturated heterocycles. The Morgan fingerprint density at radius 3 is 2.78 bits per heavy atom. The third kappa shape index (κ3) is 3.32.